The van der Waals surface area contributed by atoms with Crippen molar-refractivity contribution in [2.24, 2.45) is 0 Å². The van der Waals surface area contributed by atoms with Crippen LogP contribution in [0.1, 0.15) is 45.5 Å². The molecule has 0 amide bonds. The topological polar surface area (TPSA) is 43.8 Å². The zero-order chi connectivity index (χ0) is 12.4. The lowest BCUT2D eigenvalue weighted by atomic mass is 10.2. The van der Waals surface area contributed by atoms with Gasteiger partial charge in [0.25, 0.3) is 0 Å². The van der Waals surface area contributed by atoms with Gasteiger partial charge in [-0.1, -0.05) is 20.3 Å². The molecule has 1 heterocycles. The Hall–Kier alpha value is -1.51. The van der Waals surface area contributed by atoms with Gasteiger partial charge < -0.3 is 10.3 Å². The number of fused-ring (bicyclic) bond motifs is 1. The van der Waals surface area contributed by atoms with E-state index in [2.05, 4.69) is 36.4 Å². The van der Waals surface area contributed by atoms with Crippen LogP contribution in [0.5, 0.6) is 0 Å². The summed E-state index contributed by atoms with van der Waals surface area (Å²) in [6.45, 7) is 6.64. The summed E-state index contributed by atoms with van der Waals surface area (Å²) in [5, 5.41) is 0. The molecule has 0 radical (unpaired) electrons. The number of nitrogens with two attached hydrogens (primary N) is 1. The average Bonchev–Trinajstić information content (AvgIpc) is 2.66. The first-order valence-electron chi connectivity index (χ1n) is 6.43. The van der Waals surface area contributed by atoms with E-state index in [9.17, 15) is 0 Å². The van der Waals surface area contributed by atoms with E-state index in [-0.39, 0.29) is 0 Å². The Kier molecular flexibility index (Phi) is 3.36. The Bertz CT molecular complexity index is 513. The number of benzene rings is 1. The van der Waals surface area contributed by atoms with Crippen molar-refractivity contribution in [1.82, 2.24) is 9.55 Å². The summed E-state index contributed by atoms with van der Waals surface area (Å²) in [6.07, 6.45) is 3.34. The van der Waals surface area contributed by atoms with Crippen LogP contribution >= 0.6 is 0 Å². The number of nitrogen functional groups attached to an aromatic ring is 1. The van der Waals surface area contributed by atoms with Crippen LogP contribution in [0.3, 0.4) is 0 Å². The van der Waals surface area contributed by atoms with Crippen molar-refractivity contribution in [2.75, 3.05) is 5.73 Å². The molecule has 0 bridgehead atoms. The fourth-order valence-electron chi connectivity index (χ4n) is 2.45. The van der Waals surface area contributed by atoms with E-state index in [0.717, 1.165) is 23.4 Å². The van der Waals surface area contributed by atoms with Crippen LogP contribution in [0.15, 0.2) is 18.2 Å². The smallest absolute Gasteiger partial charge is 0.109 e. The lowest BCUT2D eigenvalue weighted by Gasteiger charge is -2.16. The highest BCUT2D eigenvalue weighted by atomic mass is 15.1. The van der Waals surface area contributed by atoms with Crippen LogP contribution in [-0.4, -0.2) is 9.55 Å². The van der Waals surface area contributed by atoms with Crippen LogP contribution in [0.2, 0.25) is 0 Å². The van der Waals surface area contributed by atoms with Gasteiger partial charge in [-0.25, -0.2) is 4.98 Å². The quantitative estimate of drug-likeness (QED) is 0.818. The molecule has 3 heteroatoms. The Morgan fingerprint density at radius 1 is 1.35 bits per heavy atom. The molecule has 17 heavy (non-hydrogen) atoms. The number of hydrogen-bond acceptors (Lipinski definition) is 2. The second kappa shape index (κ2) is 4.78. The number of rotatable bonds is 4. The molecule has 0 fully saturated rings. The molecule has 0 saturated heterocycles. The molecule has 0 spiro atoms. The van der Waals surface area contributed by atoms with Gasteiger partial charge in [0.2, 0.25) is 0 Å². The standard InChI is InChI=1S/C14H21N3/c1-4-6-10(3)17-13-8-7-11(15)9-12(13)16-14(17)5-2/h7-10H,4-6,15H2,1-3H3. The molecule has 0 aliphatic carbocycles. The van der Waals surface area contributed by atoms with Crippen molar-refractivity contribution in [2.45, 2.75) is 46.1 Å². The number of nitrogens with zero attached hydrogens (tertiary/aromatic N) is 2. The van der Waals surface area contributed by atoms with Crippen LogP contribution in [0, 0.1) is 0 Å². The van der Waals surface area contributed by atoms with Crippen LogP contribution in [-0.2, 0) is 6.42 Å². The van der Waals surface area contributed by atoms with Crippen LogP contribution < -0.4 is 5.73 Å². The van der Waals surface area contributed by atoms with Gasteiger partial charge >= 0.3 is 0 Å². The monoisotopic (exact) mass is 231 g/mol. The molecule has 1 unspecified atom stereocenters. The molecule has 2 aromatic rings. The van der Waals surface area contributed by atoms with E-state index in [0.29, 0.717) is 6.04 Å². The number of aryl methyl sites for hydroxylation is 1. The van der Waals surface area contributed by atoms with Crippen molar-refractivity contribution in [3.8, 4) is 0 Å². The third kappa shape index (κ3) is 2.14. The van der Waals surface area contributed by atoms with E-state index in [1.807, 2.05) is 12.1 Å². The van der Waals surface area contributed by atoms with Gasteiger partial charge in [0.15, 0.2) is 0 Å². The van der Waals surface area contributed by atoms with Crippen molar-refractivity contribution in [1.29, 1.82) is 0 Å². The minimum atomic E-state index is 0.503. The van der Waals surface area contributed by atoms with Gasteiger partial charge in [-0.05, 0) is 31.5 Å². The highest BCUT2D eigenvalue weighted by Gasteiger charge is 2.14. The molecule has 0 aliphatic rings. The summed E-state index contributed by atoms with van der Waals surface area (Å²) < 4.78 is 2.36. The SMILES string of the molecule is CCCC(C)n1c(CC)nc2cc(N)ccc21. The van der Waals surface area contributed by atoms with Gasteiger partial charge in [0, 0.05) is 18.2 Å². The minimum absolute atomic E-state index is 0.503. The summed E-state index contributed by atoms with van der Waals surface area (Å²) in [4.78, 5) is 4.68. The van der Waals surface area contributed by atoms with Gasteiger partial charge in [0.05, 0.1) is 11.0 Å². The Morgan fingerprint density at radius 2 is 2.12 bits per heavy atom. The maximum absolute atomic E-state index is 5.81. The van der Waals surface area contributed by atoms with Gasteiger partial charge in [-0.2, -0.15) is 0 Å². The molecular formula is C14H21N3. The maximum atomic E-state index is 5.81. The molecule has 2 N–H and O–H groups in total. The Labute approximate surface area is 103 Å². The first kappa shape index (κ1) is 12.0. The Balaban J connectivity index is 2.58. The lowest BCUT2D eigenvalue weighted by molar-refractivity contribution is 0.496. The highest BCUT2D eigenvalue weighted by Crippen LogP contribution is 2.25. The Morgan fingerprint density at radius 3 is 2.76 bits per heavy atom. The average molecular weight is 231 g/mol. The number of aromatic nitrogens is 2. The van der Waals surface area contributed by atoms with Gasteiger partial charge in [-0.3, -0.25) is 0 Å². The summed E-state index contributed by atoms with van der Waals surface area (Å²) >= 11 is 0. The normalized spacial score (nSPS) is 13.1. The van der Waals surface area contributed by atoms with Crippen LogP contribution in [0.25, 0.3) is 11.0 Å². The third-order valence-corrected chi connectivity index (χ3v) is 3.25. The molecule has 92 valence electrons. The van der Waals surface area contributed by atoms with Crippen molar-refractivity contribution < 1.29 is 0 Å². The minimum Gasteiger partial charge on any atom is -0.399 e. The third-order valence-electron chi connectivity index (χ3n) is 3.25. The zero-order valence-electron chi connectivity index (χ0n) is 10.9. The fraction of sp³-hybridized carbons (Fsp3) is 0.500. The van der Waals surface area contributed by atoms with Crippen molar-refractivity contribution >= 4 is 16.7 Å². The molecular weight excluding hydrogens is 210 g/mol. The maximum Gasteiger partial charge on any atom is 0.109 e. The number of hydrogen-bond donors (Lipinski definition) is 1. The molecule has 2 rings (SSSR count). The molecule has 1 aromatic heterocycles. The predicted octanol–water partition coefficient (Wildman–Crippen LogP) is 3.54. The fourth-order valence-corrected chi connectivity index (χ4v) is 2.45. The summed E-state index contributed by atoms with van der Waals surface area (Å²) in [6, 6.07) is 6.51. The largest absolute Gasteiger partial charge is 0.399 e. The van der Waals surface area contributed by atoms with E-state index in [1.165, 1.54) is 18.4 Å². The van der Waals surface area contributed by atoms with E-state index in [1.54, 1.807) is 0 Å². The second-order valence-corrected chi connectivity index (χ2v) is 4.64. The van der Waals surface area contributed by atoms with E-state index in [4.69, 9.17) is 5.73 Å². The predicted molar refractivity (Wildman–Crippen MR) is 73.1 cm³/mol. The second-order valence-electron chi connectivity index (χ2n) is 4.64. The van der Waals surface area contributed by atoms with E-state index >= 15 is 0 Å². The van der Waals surface area contributed by atoms with Gasteiger partial charge in [-0.15, -0.1) is 0 Å². The van der Waals surface area contributed by atoms with Crippen LogP contribution in [0.4, 0.5) is 5.69 Å². The van der Waals surface area contributed by atoms with E-state index < -0.39 is 0 Å². The first-order valence-corrected chi connectivity index (χ1v) is 6.43. The molecule has 0 aliphatic heterocycles. The number of anilines is 1. The summed E-state index contributed by atoms with van der Waals surface area (Å²) in [5.74, 6) is 1.16. The highest BCUT2D eigenvalue weighted by molar-refractivity contribution is 5.79. The van der Waals surface area contributed by atoms with Gasteiger partial charge in [0.1, 0.15) is 5.82 Å². The number of imidazole rings is 1. The summed E-state index contributed by atoms with van der Waals surface area (Å²) in [5.41, 5.74) is 8.82. The first-order chi connectivity index (χ1) is 8.17. The molecule has 3 nitrogen and oxygen atoms in total. The molecule has 1 atom stereocenters. The summed E-state index contributed by atoms with van der Waals surface area (Å²) in [7, 11) is 0. The van der Waals surface area contributed by atoms with Crippen molar-refractivity contribution in [3.63, 3.8) is 0 Å². The molecule has 0 saturated carbocycles. The lowest BCUT2D eigenvalue weighted by Crippen LogP contribution is -2.08. The molecule has 1 aromatic carbocycles. The van der Waals surface area contributed by atoms with Crippen molar-refractivity contribution in [3.05, 3.63) is 24.0 Å². The zero-order valence-corrected chi connectivity index (χ0v) is 10.9.